The van der Waals surface area contributed by atoms with Crippen LogP contribution < -0.4 is 0 Å². The van der Waals surface area contributed by atoms with Crippen LogP contribution in [0.3, 0.4) is 0 Å². The number of hydrogen-bond acceptors (Lipinski definition) is 6. The first-order chi connectivity index (χ1) is 11.6. The van der Waals surface area contributed by atoms with Crippen molar-refractivity contribution < 1.29 is 14.4 Å². The first-order valence-corrected chi connectivity index (χ1v) is 9.13. The summed E-state index contributed by atoms with van der Waals surface area (Å²) in [7, 11) is 1.90. The van der Waals surface area contributed by atoms with Crippen LogP contribution in [0.1, 0.15) is 25.0 Å². The van der Waals surface area contributed by atoms with Gasteiger partial charge < -0.3 is 9.63 Å². The summed E-state index contributed by atoms with van der Waals surface area (Å²) in [6, 6.07) is 6.39. The molecule has 1 atom stereocenters. The highest BCUT2D eigenvalue weighted by Crippen LogP contribution is 2.26. The summed E-state index contributed by atoms with van der Waals surface area (Å²) in [6.07, 6.45) is 3.10. The Morgan fingerprint density at radius 1 is 1.50 bits per heavy atom. The molecule has 1 aliphatic heterocycles. The number of carboxylic acids is 1. The van der Waals surface area contributed by atoms with Crippen LogP contribution in [0.4, 0.5) is 0 Å². The van der Waals surface area contributed by atoms with Gasteiger partial charge in [-0.05, 0) is 44.3 Å². The quantitative estimate of drug-likeness (QED) is 0.865. The van der Waals surface area contributed by atoms with Gasteiger partial charge >= 0.3 is 5.97 Å². The van der Waals surface area contributed by atoms with E-state index in [4.69, 9.17) is 9.63 Å². The van der Waals surface area contributed by atoms with Crippen LogP contribution >= 0.6 is 11.3 Å². The third-order valence-electron chi connectivity index (χ3n) is 4.51. The van der Waals surface area contributed by atoms with Crippen LogP contribution in [0.25, 0.3) is 10.6 Å². The molecule has 0 aromatic carbocycles. The summed E-state index contributed by atoms with van der Waals surface area (Å²) >= 11 is 1.65. The van der Waals surface area contributed by atoms with Gasteiger partial charge in [0.25, 0.3) is 0 Å². The van der Waals surface area contributed by atoms with E-state index in [9.17, 15) is 4.79 Å². The van der Waals surface area contributed by atoms with Crippen molar-refractivity contribution in [1.29, 1.82) is 0 Å². The second-order valence-electron chi connectivity index (χ2n) is 6.33. The molecule has 7 heteroatoms. The molecule has 0 saturated carbocycles. The Labute approximate surface area is 145 Å². The second-order valence-corrected chi connectivity index (χ2v) is 7.28. The maximum atomic E-state index is 10.9. The molecule has 1 aliphatic rings. The minimum atomic E-state index is -0.762. The van der Waals surface area contributed by atoms with Crippen molar-refractivity contribution in [2.75, 3.05) is 26.7 Å². The summed E-state index contributed by atoms with van der Waals surface area (Å²) < 4.78 is 5.45. The van der Waals surface area contributed by atoms with Crippen LogP contribution in [0.15, 0.2) is 28.1 Å². The summed E-state index contributed by atoms with van der Waals surface area (Å²) in [5.41, 5.74) is 0.954. The molecule has 24 heavy (non-hydrogen) atoms. The zero-order valence-electron chi connectivity index (χ0n) is 13.9. The van der Waals surface area contributed by atoms with E-state index in [1.807, 2.05) is 35.5 Å². The maximum Gasteiger partial charge on any atom is 0.317 e. The Bertz CT molecular complexity index is 656. The molecule has 0 aliphatic carbocycles. The fourth-order valence-corrected chi connectivity index (χ4v) is 3.90. The highest BCUT2D eigenvalue weighted by atomic mass is 32.1. The molecule has 3 heterocycles. The standard InChI is InChI=1S/C17H23N3O3S/c1-19(12-17(21)22)14-4-2-7-20(8-6-14)11-13-10-15(23-18-13)16-5-3-9-24-16/h3,5,9-10,14H,2,4,6-8,11-12H2,1H3,(H,21,22). The van der Waals surface area contributed by atoms with Crippen LogP contribution in [0.2, 0.25) is 0 Å². The molecule has 2 aromatic rings. The zero-order chi connectivity index (χ0) is 16.9. The van der Waals surface area contributed by atoms with Gasteiger partial charge in [-0.15, -0.1) is 11.3 Å². The average Bonchev–Trinajstić information content (AvgIpc) is 3.15. The molecule has 3 rings (SSSR count). The van der Waals surface area contributed by atoms with E-state index in [0.29, 0.717) is 6.04 Å². The van der Waals surface area contributed by atoms with Crippen molar-refractivity contribution in [3.05, 3.63) is 29.3 Å². The SMILES string of the molecule is CN(CC(=O)O)C1CCCN(Cc2cc(-c3cccs3)on2)CC1. The zero-order valence-corrected chi connectivity index (χ0v) is 14.7. The van der Waals surface area contributed by atoms with Gasteiger partial charge in [-0.3, -0.25) is 14.6 Å². The van der Waals surface area contributed by atoms with Crippen molar-refractivity contribution in [3.8, 4) is 10.6 Å². The number of aliphatic carboxylic acids is 1. The Balaban J connectivity index is 1.54. The average molecular weight is 349 g/mol. The molecule has 1 fully saturated rings. The first kappa shape index (κ1) is 17.1. The lowest BCUT2D eigenvalue weighted by Crippen LogP contribution is -2.36. The van der Waals surface area contributed by atoms with E-state index in [0.717, 1.165) is 55.2 Å². The number of nitrogens with zero attached hydrogens (tertiary/aromatic N) is 3. The number of aromatic nitrogens is 1. The van der Waals surface area contributed by atoms with Gasteiger partial charge in [0.15, 0.2) is 5.76 Å². The minimum absolute atomic E-state index is 0.109. The Kier molecular flexibility index (Phi) is 5.65. The van der Waals surface area contributed by atoms with E-state index < -0.39 is 5.97 Å². The maximum absolute atomic E-state index is 10.9. The van der Waals surface area contributed by atoms with Crippen LogP contribution in [-0.2, 0) is 11.3 Å². The van der Waals surface area contributed by atoms with Crippen molar-refractivity contribution in [3.63, 3.8) is 0 Å². The van der Waals surface area contributed by atoms with E-state index in [-0.39, 0.29) is 6.54 Å². The van der Waals surface area contributed by atoms with E-state index in [2.05, 4.69) is 10.1 Å². The molecule has 0 radical (unpaired) electrons. The van der Waals surface area contributed by atoms with Crippen LogP contribution in [0.5, 0.6) is 0 Å². The normalized spacial score (nSPS) is 19.5. The van der Waals surface area contributed by atoms with Gasteiger partial charge in [-0.1, -0.05) is 11.2 Å². The predicted octanol–water partition coefficient (Wildman–Crippen LogP) is 2.77. The number of carboxylic acid groups (broad SMARTS) is 1. The predicted molar refractivity (Wildman–Crippen MR) is 93.0 cm³/mol. The van der Waals surface area contributed by atoms with E-state index in [1.165, 1.54) is 0 Å². The molecule has 130 valence electrons. The highest BCUT2D eigenvalue weighted by molar-refractivity contribution is 7.13. The lowest BCUT2D eigenvalue weighted by Gasteiger charge is -2.25. The molecule has 0 bridgehead atoms. The van der Waals surface area contributed by atoms with E-state index >= 15 is 0 Å². The Morgan fingerprint density at radius 2 is 2.38 bits per heavy atom. The smallest absolute Gasteiger partial charge is 0.317 e. The van der Waals surface area contributed by atoms with Crippen LogP contribution in [0, 0.1) is 0 Å². The molecular weight excluding hydrogens is 326 g/mol. The topological polar surface area (TPSA) is 69.8 Å². The summed E-state index contributed by atoms with van der Waals surface area (Å²) in [5, 5.41) is 15.2. The molecule has 1 N–H and O–H groups in total. The van der Waals surface area contributed by atoms with Crippen LogP contribution in [-0.4, -0.2) is 58.8 Å². The van der Waals surface area contributed by atoms with Gasteiger partial charge in [-0.2, -0.15) is 0 Å². The summed E-state index contributed by atoms with van der Waals surface area (Å²) in [4.78, 5) is 16.3. The fourth-order valence-electron chi connectivity index (χ4n) is 3.23. The number of likely N-dealkylation sites (N-methyl/N-ethyl adjacent to an activating group) is 1. The molecule has 6 nitrogen and oxygen atoms in total. The van der Waals surface area contributed by atoms with Crippen molar-refractivity contribution >= 4 is 17.3 Å². The fraction of sp³-hybridized carbons (Fsp3) is 0.529. The number of rotatable bonds is 6. The van der Waals surface area contributed by atoms with Gasteiger partial charge in [0.1, 0.15) is 0 Å². The molecule has 1 saturated heterocycles. The Morgan fingerprint density at radius 3 is 3.12 bits per heavy atom. The van der Waals surface area contributed by atoms with Gasteiger partial charge in [0.05, 0.1) is 17.1 Å². The first-order valence-electron chi connectivity index (χ1n) is 8.25. The number of likely N-dealkylation sites (tertiary alicyclic amines) is 1. The van der Waals surface area contributed by atoms with Gasteiger partial charge in [-0.25, -0.2) is 0 Å². The van der Waals surface area contributed by atoms with Gasteiger partial charge in [0, 0.05) is 25.2 Å². The minimum Gasteiger partial charge on any atom is -0.480 e. The third-order valence-corrected chi connectivity index (χ3v) is 5.39. The number of hydrogen-bond donors (Lipinski definition) is 1. The molecule has 2 aromatic heterocycles. The van der Waals surface area contributed by atoms with Crippen molar-refractivity contribution in [1.82, 2.24) is 15.0 Å². The Hall–Kier alpha value is -1.70. The third kappa shape index (κ3) is 4.43. The largest absolute Gasteiger partial charge is 0.480 e. The summed E-state index contributed by atoms with van der Waals surface area (Å²) in [6.45, 7) is 2.86. The molecule has 1 unspecified atom stereocenters. The van der Waals surface area contributed by atoms with E-state index in [1.54, 1.807) is 11.3 Å². The molecular formula is C17H23N3O3S. The second kappa shape index (κ2) is 7.92. The van der Waals surface area contributed by atoms with Crippen molar-refractivity contribution in [2.24, 2.45) is 0 Å². The molecule has 0 amide bonds. The molecule has 0 spiro atoms. The van der Waals surface area contributed by atoms with Crippen molar-refractivity contribution in [2.45, 2.75) is 31.8 Å². The highest BCUT2D eigenvalue weighted by Gasteiger charge is 2.22. The lowest BCUT2D eigenvalue weighted by atomic mass is 10.1. The monoisotopic (exact) mass is 349 g/mol. The van der Waals surface area contributed by atoms with Gasteiger partial charge in [0.2, 0.25) is 0 Å². The number of thiophene rings is 1. The lowest BCUT2D eigenvalue weighted by molar-refractivity contribution is -0.138. The summed E-state index contributed by atoms with van der Waals surface area (Å²) in [5.74, 6) is 0.0659. The number of carbonyl (C=O) groups is 1.